The lowest BCUT2D eigenvalue weighted by molar-refractivity contribution is -0.00234. The molecule has 0 aliphatic heterocycles. The van der Waals surface area contributed by atoms with Crippen LogP contribution in [0.1, 0.15) is 5.85 Å². The van der Waals surface area contributed by atoms with E-state index in [4.69, 9.17) is 4.74 Å². The van der Waals surface area contributed by atoms with E-state index in [0.717, 1.165) is 22.1 Å². The lowest BCUT2D eigenvalue weighted by Crippen LogP contribution is -2.38. The van der Waals surface area contributed by atoms with Gasteiger partial charge in [-0.3, -0.25) is 0 Å². The second-order valence-electron chi connectivity index (χ2n) is 7.11. The van der Waals surface area contributed by atoms with E-state index in [1.807, 2.05) is 53.2 Å². The minimum Gasteiger partial charge on any atom is -0.338 e. The Balaban J connectivity index is 1.66. The maximum atomic E-state index is 6.29. The first-order chi connectivity index (χ1) is 12.0. The van der Waals surface area contributed by atoms with Crippen LogP contribution in [-0.2, 0) is 11.5 Å². The first kappa shape index (κ1) is 15.9. The first-order valence-corrected chi connectivity index (χ1v) is 11.8. The van der Waals surface area contributed by atoms with Crippen molar-refractivity contribution in [2.75, 3.05) is 0 Å². The quantitative estimate of drug-likeness (QED) is 0.516. The van der Waals surface area contributed by atoms with Crippen molar-refractivity contribution in [1.82, 2.24) is 30.0 Å². The van der Waals surface area contributed by atoms with Crippen LogP contribution in [-0.4, -0.2) is 38.1 Å². The fourth-order valence-electron chi connectivity index (χ4n) is 2.90. The van der Waals surface area contributed by atoms with Crippen molar-refractivity contribution in [2.24, 2.45) is 0 Å². The topological polar surface area (TPSA) is 70.7 Å². The van der Waals surface area contributed by atoms with Gasteiger partial charge >= 0.3 is 0 Å². The maximum absolute atomic E-state index is 6.29. The van der Waals surface area contributed by atoms with E-state index in [1.54, 1.807) is 4.68 Å². The number of hydrogen-bond acceptors (Lipinski definition) is 5. The summed E-state index contributed by atoms with van der Waals surface area (Å²) in [6.07, 6.45) is 0. The van der Waals surface area contributed by atoms with Gasteiger partial charge in [0.1, 0.15) is 31.7 Å². The number of aromatic nitrogens is 6. The molecular weight excluding hydrogens is 332 g/mol. The lowest BCUT2D eigenvalue weighted by atomic mass is 10.3. The van der Waals surface area contributed by atoms with Crippen LogP contribution < -0.4 is 0 Å². The minimum absolute atomic E-state index is 0.150. The summed E-state index contributed by atoms with van der Waals surface area (Å²) in [6, 6.07) is 15.8. The molecule has 25 heavy (non-hydrogen) atoms. The number of fused-ring (bicyclic) bond motifs is 2. The predicted molar refractivity (Wildman–Crippen MR) is 98.5 cm³/mol. The van der Waals surface area contributed by atoms with Gasteiger partial charge in [0.25, 0.3) is 0 Å². The van der Waals surface area contributed by atoms with Crippen molar-refractivity contribution in [3.05, 3.63) is 48.5 Å². The largest absolute Gasteiger partial charge is 0.338 e. The summed E-state index contributed by atoms with van der Waals surface area (Å²) in [5.41, 5.74) is 3.68. The van der Waals surface area contributed by atoms with Gasteiger partial charge in [0.15, 0.2) is 0 Å². The van der Waals surface area contributed by atoms with Crippen molar-refractivity contribution >= 4 is 30.1 Å². The fourth-order valence-corrected chi connectivity index (χ4v) is 4.40. The third-order valence-corrected chi connectivity index (χ3v) is 6.01. The van der Waals surface area contributed by atoms with E-state index in [0.29, 0.717) is 6.73 Å². The average Bonchev–Trinajstić information content (AvgIpc) is 3.19. The molecule has 2 aromatic carbocycles. The molecule has 0 radical (unpaired) electrons. The Morgan fingerprint density at radius 1 is 0.880 bits per heavy atom. The van der Waals surface area contributed by atoms with Gasteiger partial charge in [0, 0.05) is 0 Å². The summed E-state index contributed by atoms with van der Waals surface area (Å²) < 4.78 is 9.98. The fraction of sp³-hybridized carbons (Fsp3) is 0.294. The van der Waals surface area contributed by atoms with Crippen molar-refractivity contribution in [1.29, 1.82) is 0 Å². The van der Waals surface area contributed by atoms with Gasteiger partial charge in [-0.1, -0.05) is 54.3 Å². The van der Waals surface area contributed by atoms with Crippen molar-refractivity contribution in [3.63, 3.8) is 0 Å². The summed E-state index contributed by atoms with van der Waals surface area (Å²) in [7, 11) is -1.73. The summed E-state index contributed by atoms with van der Waals surface area (Å²) in [5.74, 6) is -0.150. The molecule has 0 aliphatic rings. The van der Waals surface area contributed by atoms with Crippen LogP contribution in [0.5, 0.6) is 0 Å². The summed E-state index contributed by atoms with van der Waals surface area (Å²) in [5, 5.41) is 17.0. The zero-order chi connectivity index (χ0) is 17.4. The van der Waals surface area contributed by atoms with Crippen molar-refractivity contribution < 1.29 is 4.74 Å². The molecule has 0 saturated heterocycles. The Bertz CT molecular complexity index is 1020. The molecule has 0 spiro atoms. The molecule has 1 unspecified atom stereocenters. The van der Waals surface area contributed by atoms with E-state index in [2.05, 4.69) is 40.3 Å². The molecule has 1 atom stereocenters. The highest BCUT2D eigenvalue weighted by atomic mass is 28.3. The molecule has 2 aromatic heterocycles. The van der Waals surface area contributed by atoms with Crippen LogP contribution >= 0.6 is 0 Å². The highest BCUT2D eigenvalue weighted by molar-refractivity contribution is 6.76. The summed E-state index contributed by atoms with van der Waals surface area (Å²) >= 11 is 0. The molecule has 0 aliphatic carbocycles. The molecule has 7 nitrogen and oxygen atoms in total. The number of benzene rings is 2. The van der Waals surface area contributed by atoms with Crippen LogP contribution in [0.15, 0.2) is 48.5 Å². The number of rotatable bonds is 5. The zero-order valence-corrected chi connectivity index (χ0v) is 15.5. The smallest absolute Gasteiger partial charge is 0.144 e. The number of ether oxygens (including phenoxy) is 1. The molecule has 0 fully saturated rings. The second-order valence-corrected chi connectivity index (χ2v) is 12.3. The number of hydrogen-bond donors (Lipinski definition) is 0. The zero-order valence-electron chi connectivity index (χ0n) is 14.5. The second kappa shape index (κ2) is 6.05. The molecular formula is C17H20N6OSi. The third kappa shape index (κ3) is 2.94. The van der Waals surface area contributed by atoms with Crippen LogP contribution in [0.25, 0.3) is 22.1 Å². The minimum atomic E-state index is -1.73. The maximum Gasteiger partial charge on any atom is 0.144 e. The molecule has 8 heteroatoms. The van der Waals surface area contributed by atoms with E-state index < -0.39 is 8.07 Å². The van der Waals surface area contributed by atoms with Crippen molar-refractivity contribution in [3.8, 4) is 0 Å². The average molecular weight is 352 g/mol. The standard InChI is InChI=1S/C17H20N6OSi/c1-25(2,3)17(23-16-11-7-5-9-14(16)19-21-23)24-12-22-15-10-6-4-8-13(15)18-20-22/h4-11,17H,12H2,1-3H3. The lowest BCUT2D eigenvalue weighted by Gasteiger charge is -2.29. The van der Waals surface area contributed by atoms with Gasteiger partial charge < -0.3 is 4.74 Å². The third-order valence-electron chi connectivity index (χ3n) is 4.12. The Kier molecular flexibility index (Phi) is 3.85. The summed E-state index contributed by atoms with van der Waals surface area (Å²) in [6.45, 7) is 7.10. The van der Waals surface area contributed by atoms with Gasteiger partial charge in [0.05, 0.1) is 11.0 Å². The SMILES string of the molecule is C[Si](C)(C)C(OCn1nnc2ccccc21)n1nnc2ccccc21. The summed E-state index contributed by atoms with van der Waals surface area (Å²) in [4.78, 5) is 0. The molecule has 0 N–H and O–H groups in total. The van der Waals surface area contributed by atoms with E-state index in [1.165, 1.54) is 0 Å². The molecule has 0 amide bonds. The van der Waals surface area contributed by atoms with E-state index in [9.17, 15) is 0 Å². The highest BCUT2D eigenvalue weighted by Gasteiger charge is 2.32. The Morgan fingerprint density at radius 2 is 1.48 bits per heavy atom. The predicted octanol–water partition coefficient (Wildman–Crippen LogP) is 3.23. The molecule has 4 aromatic rings. The van der Waals surface area contributed by atoms with Crippen LogP contribution in [0, 0.1) is 0 Å². The number of para-hydroxylation sites is 2. The van der Waals surface area contributed by atoms with Crippen LogP contribution in [0.2, 0.25) is 19.6 Å². The Hall–Kier alpha value is -2.58. The molecule has 0 bridgehead atoms. The normalized spacial score (nSPS) is 13.6. The van der Waals surface area contributed by atoms with E-state index >= 15 is 0 Å². The highest BCUT2D eigenvalue weighted by Crippen LogP contribution is 2.26. The van der Waals surface area contributed by atoms with Crippen LogP contribution in [0.4, 0.5) is 0 Å². The van der Waals surface area contributed by atoms with Gasteiger partial charge in [-0.15, -0.1) is 10.2 Å². The number of nitrogens with zero attached hydrogens (tertiary/aromatic N) is 6. The first-order valence-electron chi connectivity index (χ1n) is 8.24. The molecule has 128 valence electrons. The molecule has 4 rings (SSSR count). The van der Waals surface area contributed by atoms with E-state index in [-0.39, 0.29) is 5.85 Å². The van der Waals surface area contributed by atoms with Gasteiger partial charge in [0.2, 0.25) is 0 Å². The van der Waals surface area contributed by atoms with Gasteiger partial charge in [-0.05, 0) is 24.3 Å². The molecule has 2 heterocycles. The Morgan fingerprint density at radius 3 is 2.20 bits per heavy atom. The van der Waals surface area contributed by atoms with Crippen LogP contribution in [0.3, 0.4) is 0 Å². The van der Waals surface area contributed by atoms with Gasteiger partial charge in [-0.25, -0.2) is 9.36 Å². The van der Waals surface area contributed by atoms with Crippen molar-refractivity contribution in [2.45, 2.75) is 32.2 Å². The Labute approximate surface area is 146 Å². The van der Waals surface area contributed by atoms with Gasteiger partial charge in [-0.2, -0.15) is 0 Å². The molecule has 0 saturated carbocycles. The monoisotopic (exact) mass is 352 g/mol.